The highest BCUT2D eigenvalue weighted by atomic mass is 19.1. The summed E-state index contributed by atoms with van der Waals surface area (Å²) >= 11 is 0. The minimum atomic E-state index is -0.984. The molecule has 1 aromatic heterocycles. The number of hydrogen-bond donors (Lipinski definition) is 0. The number of hydrogen-bond acceptors (Lipinski definition) is 5. The summed E-state index contributed by atoms with van der Waals surface area (Å²) in [6.45, 7) is 5.44. The fraction of sp³-hybridized carbons (Fsp3) is 0.273. The highest BCUT2D eigenvalue weighted by molar-refractivity contribution is 5.95. The molecule has 0 saturated carbocycles. The second kappa shape index (κ2) is 8.34. The van der Waals surface area contributed by atoms with Crippen molar-refractivity contribution in [2.75, 3.05) is 7.05 Å². The van der Waals surface area contributed by atoms with Crippen LogP contribution in [0.3, 0.4) is 0 Å². The highest BCUT2D eigenvalue weighted by Crippen LogP contribution is 2.16. The van der Waals surface area contributed by atoms with Crippen molar-refractivity contribution in [2.24, 2.45) is 0 Å². The van der Waals surface area contributed by atoms with E-state index in [1.54, 1.807) is 37.4 Å². The maximum absolute atomic E-state index is 13.3. The van der Waals surface area contributed by atoms with Crippen molar-refractivity contribution in [2.45, 2.75) is 33.4 Å². The van der Waals surface area contributed by atoms with Crippen molar-refractivity contribution in [1.29, 1.82) is 0 Å². The Morgan fingerprint density at radius 1 is 1.07 bits per heavy atom. The van der Waals surface area contributed by atoms with Gasteiger partial charge in [0.25, 0.3) is 5.91 Å². The Morgan fingerprint density at radius 3 is 2.45 bits per heavy atom. The van der Waals surface area contributed by atoms with Crippen molar-refractivity contribution in [3.63, 3.8) is 0 Å². The Kier molecular flexibility index (Phi) is 5.87. The quantitative estimate of drug-likeness (QED) is 0.618. The van der Waals surface area contributed by atoms with Crippen LogP contribution in [0.25, 0.3) is 11.0 Å². The van der Waals surface area contributed by atoms with Crippen LogP contribution in [0.4, 0.5) is 4.39 Å². The van der Waals surface area contributed by atoms with Crippen LogP contribution >= 0.6 is 0 Å². The Hall–Kier alpha value is -3.35. The van der Waals surface area contributed by atoms with Crippen molar-refractivity contribution in [3.05, 3.63) is 70.8 Å². The standard InChI is InChI=1S/C22H22FN3O3/c1-13-14(2)25-20-11-17(8-9-19(20)24-13)22(28)29-15(3)21(27)26(4)12-16-6-5-7-18(23)10-16/h5-11,15H,12H2,1-4H3/t15-/m0/s1. The molecule has 3 rings (SSSR count). The average molecular weight is 395 g/mol. The Balaban J connectivity index is 1.68. The third-order valence-electron chi connectivity index (χ3n) is 4.63. The molecule has 0 aliphatic heterocycles. The number of benzene rings is 2. The summed E-state index contributed by atoms with van der Waals surface area (Å²) in [5, 5.41) is 0. The van der Waals surface area contributed by atoms with Crippen LogP contribution in [0.1, 0.15) is 34.2 Å². The van der Waals surface area contributed by atoms with Crippen molar-refractivity contribution >= 4 is 22.9 Å². The SMILES string of the molecule is Cc1nc2ccc(C(=O)O[C@@H](C)C(=O)N(C)Cc3cccc(F)c3)cc2nc1C. The van der Waals surface area contributed by atoms with E-state index < -0.39 is 12.1 Å². The number of ether oxygens (including phenoxy) is 1. The van der Waals surface area contributed by atoms with Crippen molar-refractivity contribution in [1.82, 2.24) is 14.9 Å². The number of esters is 1. The van der Waals surface area contributed by atoms with Crippen LogP contribution in [0.5, 0.6) is 0 Å². The van der Waals surface area contributed by atoms with Gasteiger partial charge >= 0.3 is 5.97 Å². The molecular weight excluding hydrogens is 373 g/mol. The summed E-state index contributed by atoms with van der Waals surface area (Å²) < 4.78 is 18.6. The van der Waals surface area contributed by atoms with Crippen LogP contribution in [0.15, 0.2) is 42.5 Å². The zero-order valence-electron chi connectivity index (χ0n) is 16.8. The number of carbonyl (C=O) groups is 2. The van der Waals surface area contributed by atoms with Gasteiger partial charge < -0.3 is 9.64 Å². The highest BCUT2D eigenvalue weighted by Gasteiger charge is 2.22. The third kappa shape index (κ3) is 4.74. The molecule has 0 radical (unpaired) electrons. The molecule has 1 heterocycles. The topological polar surface area (TPSA) is 72.4 Å². The minimum absolute atomic E-state index is 0.211. The molecule has 2 aromatic carbocycles. The molecule has 29 heavy (non-hydrogen) atoms. The molecule has 3 aromatic rings. The summed E-state index contributed by atoms with van der Waals surface area (Å²) in [5.74, 6) is -1.37. The number of likely N-dealkylation sites (N-methyl/N-ethyl adjacent to an activating group) is 1. The molecule has 1 amide bonds. The van der Waals surface area contributed by atoms with Gasteiger partial charge in [0.2, 0.25) is 0 Å². The predicted octanol–water partition coefficient (Wildman–Crippen LogP) is 3.59. The lowest BCUT2D eigenvalue weighted by atomic mass is 10.1. The van der Waals surface area contributed by atoms with E-state index in [-0.39, 0.29) is 18.3 Å². The molecule has 0 unspecified atom stereocenters. The van der Waals surface area contributed by atoms with E-state index in [0.29, 0.717) is 22.2 Å². The second-order valence-corrected chi connectivity index (χ2v) is 6.97. The van der Waals surface area contributed by atoms with E-state index in [1.165, 1.54) is 24.0 Å². The lowest BCUT2D eigenvalue weighted by Crippen LogP contribution is -2.37. The van der Waals surface area contributed by atoms with E-state index in [1.807, 2.05) is 13.8 Å². The first-order valence-corrected chi connectivity index (χ1v) is 9.20. The summed E-state index contributed by atoms with van der Waals surface area (Å²) in [6.07, 6.45) is -0.984. The van der Waals surface area contributed by atoms with E-state index in [2.05, 4.69) is 9.97 Å². The van der Waals surface area contributed by atoms with Gasteiger partial charge in [-0.3, -0.25) is 4.79 Å². The van der Waals surface area contributed by atoms with E-state index in [0.717, 1.165) is 11.4 Å². The van der Waals surface area contributed by atoms with Crippen LogP contribution in [-0.2, 0) is 16.1 Å². The molecule has 0 bridgehead atoms. The first kappa shape index (κ1) is 20.4. The fourth-order valence-electron chi connectivity index (χ4n) is 2.93. The van der Waals surface area contributed by atoms with Gasteiger partial charge in [0.1, 0.15) is 5.82 Å². The maximum Gasteiger partial charge on any atom is 0.338 e. The first-order valence-electron chi connectivity index (χ1n) is 9.20. The predicted molar refractivity (Wildman–Crippen MR) is 107 cm³/mol. The zero-order chi connectivity index (χ0) is 21.1. The van der Waals surface area contributed by atoms with Crippen LogP contribution in [0, 0.1) is 19.7 Å². The van der Waals surface area contributed by atoms with Gasteiger partial charge in [0, 0.05) is 13.6 Å². The molecule has 1 atom stereocenters. The van der Waals surface area contributed by atoms with Gasteiger partial charge in [-0.05, 0) is 56.7 Å². The van der Waals surface area contributed by atoms with Crippen LogP contribution in [0.2, 0.25) is 0 Å². The summed E-state index contributed by atoms with van der Waals surface area (Å²) in [4.78, 5) is 35.3. The third-order valence-corrected chi connectivity index (χ3v) is 4.63. The van der Waals surface area contributed by atoms with Gasteiger partial charge in [0.15, 0.2) is 6.10 Å². The largest absolute Gasteiger partial charge is 0.449 e. The Bertz CT molecular complexity index is 1080. The number of rotatable bonds is 5. The maximum atomic E-state index is 13.3. The fourth-order valence-corrected chi connectivity index (χ4v) is 2.93. The molecule has 7 heteroatoms. The monoisotopic (exact) mass is 395 g/mol. The van der Waals surface area contributed by atoms with Crippen LogP contribution in [-0.4, -0.2) is 39.9 Å². The zero-order valence-corrected chi connectivity index (χ0v) is 16.8. The molecule has 0 aliphatic rings. The van der Waals surface area contributed by atoms with E-state index >= 15 is 0 Å². The van der Waals surface area contributed by atoms with E-state index in [9.17, 15) is 14.0 Å². The molecule has 6 nitrogen and oxygen atoms in total. The number of carbonyl (C=O) groups excluding carboxylic acids is 2. The minimum Gasteiger partial charge on any atom is -0.449 e. The number of amides is 1. The number of aromatic nitrogens is 2. The number of halogens is 1. The number of nitrogens with zero attached hydrogens (tertiary/aromatic N) is 3. The molecule has 0 fully saturated rings. The Labute approximate surface area is 168 Å². The van der Waals surface area contributed by atoms with Gasteiger partial charge in [-0.1, -0.05) is 12.1 Å². The molecule has 0 spiro atoms. The lowest BCUT2D eigenvalue weighted by Gasteiger charge is -2.21. The lowest BCUT2D eigenvalue weighted by molar-refractivity contribution is -0.139. The molecular formula is C22H22FN3O3. The normalized spacial score (nSPS) is 11.9. The average Bonchev–Trinajstić information content (AvgIpc) is 2.67. The molecule has 150 valence electrons. The Morgan fingerprint density at radius 2 is 1.76 bits per heavy atom. The molecule has 0 N–H and O–H groups in total. The second-order valence-electron chi connectivity index (χ2n) is 6.97. The summed E-state index contributed by atoms with van der Waals surface area (Å²) in [5.41, 5.74) is 3.83. The van der Waals surface area contributed by atoms with Crippen molar-refractivity contribution < 1.29 is 18.7 Å². The first-order chi connectivity index (χ1) is 13.7. The smallest absolute Gasteiger partial charge is 0.338 e. The number of aryl methyl sites for hydroxylation is 2. The van der Waals surface area contributed by atoms with Crippen molar-refractivity contribution in [3.8, 4) is 0 Å². The van der Waals surface area contributed by atoms with E-state index in [4.69, 9.17) is 4.74 Å². The molecule has 0 saturated heterocycles. The van der Waals surface area contributed by atoms with Gasteiger partial charge in [-0.2, -0.15) is 0 Å². The van der Waals surface area contributed by atoms with Gasteiger partial charge in [-0.15, -0.1) is 0 Å². The molecule has 0 aliphatic carbocycles. The summed E-state index contributed by atoms with van der Waals surface area (Å²) in [7, 11) is 1.58. The van der Waals surface area contributed by atoms with Gasteiger partial charge in [-0.25, -0.2) is 19.2 Å². The number of fused-ring (bicyclic) bond motifs is 1. The van der Waals surface area contributed by atoms with Crippen LogP contribution < -0.4 is 0 Å². The van der Waals surface area contributed by atoms with Gasteiger partial charge in [0.05, 0.1) is 28.0 Å². The summed E-state index contributed by atoms with van der Waals surface area (Å²) in [6, 6.07) is 10.9.